The maximum Gasteiger partial charge on any atom is 0.143 e. The van der Waals surface area contributed by atoms with Crippen molar-refractivity contribution in [2.24, 2.45) is 0 Å². The van der Waals surface area contributed by atoms with Crippen LogP contribution in [0.5, 0.6) is 0 Å². The van der Waals surface area contributed by atoms with Gasteiger partial charge in [-0.3, -0.25) is 0 Å². The Morgan fingerprint density at radius 2 is 0.643 bits per heavy atom. The number of furan rings is 2. The Bertz CT molecular complexity index is 4510. The molecule has 0 unspecified atom stereocenters. The first-order valence-corrected chi connectivity index (χ1v) is 24.1. The average molecular weight is 889 g/mol. The van der Waals surface area contributed by atoms with Crippen LogP contribution in [0.2, 0.25) is 0 Å². The fraction of sp³-hybridized carbons (Fsp3) is 0. The number of benzene rings is 13. The lowest BCUT2D eigenvalue weighted by Gasteiger charge is -2.19. The van der Waals surface area contributed by atoms with Crippen molar-refractivity contribution in [3.05, 3.63) is 243 Å². The predicted octanol–water partition coefficient (Wildman–Crippen LogP) is 19.6. The summed E-state index contributed by atoms with van der Waals surface area (Å²) in [5.41, 5.74) is 15.3. The van der Waals surface area contributed by atoms with Crippen molar-refractivity contribution in [2.45, 2.75) is 0 Å². The molecule has 0 aliphatic carbocycles. The van der Waals surface area contributed by atoms with E-state index in [4.69, 9.17) is 8.83 Å². The van der Waals surface area contributed by atoms with Gasteiger partial charge in [-0.2, -0.15) is 0 Å². The smallest absolute Gasteiger partial charge is 0.143 e. The van der Waals surface area contributed by atoms with E-state index >= 15 is 0 Å². The lowest BCUT2D eigenvalue weighted by molar-refractivity contribution is 0.669. The summed E-state index contributed by atoms with van der Waals surface area (Å²) in [6, 6.07) is 88.2. The fourth-order valence-corrected chi connectivity index (χ4v) is 11.9. The third-order valence-electron chi connectivity index (χ3n) is 14.8. The van der Waals surface area contributed by atoms with Gasteiger partial charge in [0.05, 0.1) is 0 Å². The molecule has 324 valence electrons. The molecule has 70 heavy (non-hydrogen) atoms. The predicted molar refractivity (Wildman–Crippen MR) is 296 cm³/mol. The minimum Gasteiger partial charge on any atom is -0.456 e. The number of para-hydroxylation sites is 1. The normalized spacial score (nSPS) is 12.0. The Morgan fingerprint density at radius 1 is 0.214 bits per heavy atom. The van der Waals surface area contributed by atoms with Crippen molar-refractivity contribution in [1.29, 1.82) is 0 Å². The first-order chi connectivity index (χ1) is 34.7. The molecular formula is C68H40O2. The third-order valence-corrected chi connectivity index (χ3v) is 14.8. The van der Waals surface area contributed by atoms with E-state index in [0.29, 0.717) is 0 Å². The van der Waals surface area contributed by atoms with E-state index in [1.54, 1.807) is 0 Å². The molecule has 0 aliphatic rings. The standard InChI is InChI=1S/C68H40O2/c1-2-17-42(18-3-1)62-47-21-6-12-27-53(47)65(54-28-13-7-22-48(54)62)57-38-37-46(68-67(57)58-39-44-19-4-5-20-45(44)40-61(58)70-68)41-33-35-43(36-34-41)63-49-23-8-10-25-51(49)64(52-26-11-9-24-50(52)63)56-30-16-32-60-66(56)55-29-14-15-31-59(55)69-60/h1-40H. The van der Waals surface area contributed by atoms with Crippen LogP contribution in [0.15, 0.2) is 251 Å². The summed E-state index contributed by atoms with van der Waals surface area (Å²) < 4.78 is 13.6. The molecule has 2 heteroatoms. The van der Waals surface area contributed by atoms with Crippen molar-refractivity contribution < 1.29 is 8.83 Å². The molecule has 15 aromatic rings. The van der Waals surface area contributed by atoms with Crippen LogP contribution < -0.4 is 0 Å². The number of fused-ring (bicyclic) bond motifs is 11. The summed E-state index contributed by atoms with van der Waals surface area (Å²) in [4.78, 5) is 0. The van der Waals surface area contributed by atoms with Gasteiger partial charge < -0.3 is 8.83 Å². The third kappa shape index (κ3) is 5.68. The van der Waals surface area contributed by atoms with Gasteiger partial charge >= 0.3 is 0 Å². The molecule has 0 amide bonds. The summed E-state index contributed by atoms with van der Waals surface area (Å²) in [7, 11) is 0. The minimum absolute atomic E-state index is 0.880. The molecular weight excluding hydrogens is 849 g/mol. The van der Waals surface area contributed by atoms with Crippen LogP contribution in [-0.4, -0.2) is 0 Å². The largest absolute Gasteiger partial charge is 0.456 e. The molecule has 2 aromatic heterocycles. The topological polar surface area (TPSA) is 26.3 Å². The monoisotopic (exact) mass is 888 g/mol. The molecule has 0 fully saturated rings. The summed E-state index contributed by atoms with van der Waals surface area (Å²) in [6.45, 7) is 0. The number of rotatable bonds is 5. The molecule has 15 rings (SSSR count). The summed E-state index contributed by atoms with van der Waals surface area (Å²) in [5.74, 6) is 0. The minimum atomic E-state index is 0.880. The van der Waals surface area contributed by atoms with Gasteiger partial charge in [0, 0.05) is 27.1 Å². The molecule has 13 aromatic carbocycles. The van der Waals surface area contributed by atoms with Crippen LogP contribution in [0.4, 0.5) is 0 Å². The van der Waals surface area contributed by atoms with Crippen molar-refractivity contribution in [3.63, 3.8) is 0 Å². The summed E-state index contributed by atoms with van der Waals surface area (Å²) in [6.07, 6.45) is 0. The molecule has 0 radical (unpaired) electrons. The second kappa shape index (κ2) is 15.1. The Morgan fingerprint density at radius 3 is 1.23 bits per heavy atom. The molecule has 0 bridgehead atoms. The molecule has 0 saturated carbocycles. The van der Waals surface area contributed by atoms with E-state index < -0.39 is 0 Å². The highest BCUT2D eigenvalue weighted by molar-refractivity contribution is 6.28. The van der Waals surface area contributed by atoms with E-state index in [1.165, 1.54) is 81.9 Å². The fourth-order valence-electron chi connectivity index (χ4n) is 11.9. The second-order valence-corrected chi connectivity index (χ2v) is 18.6. The molecule has 0 spiro atoms. The maximum atomic E-state index is 7.16. The lowest BCUT2D eigenvalue weighted by atomic mass is 9.84. The van der Waals surface area contributed by atoms with E-state index in [2.05, 4.69) is 237 Å². The number of hydrogen-bond acceptors (Lipinski definition) is 2. The van der Waals surface area contributed by atoms with Crippen LogP contribution in [0.1, 0.15) is 0 Å². The first kappa shape index (κ1) is 38.8. The highest BCUT2D eigenvalue weighted by Crippen LogP contribution is 2.51. The average Bonchev–Trinajstić information content (AvgIpc) is 4.00. The Kier molecular flexibility index (Phi) is 8.39. The quantitative estimate of drug-likeness (QED) is 0.161. The lowest BCUT2D eigenvalue weighted by Crippen LogP contribution is -1.92. The molecule has 2 heterocycles. The molecule has 2 nitrogen and oxygen atoms in total. The van der Waals surface area contributed by atoms with Gasteiger partial charge in [-0.15, -0.1) is 0 Å². The molecule has 0 aliphatic heterocycles. The van der Waals surface area contributed by atoms with Crippen molar-refractivity contribution in [1.82, 2.24) is 0 Å². The Labute approximate surface area is 402 Å². The van der Waals surface area contributed by atoms with Crippen LogP contribution in [-0.2, 0) is 0 Å². The zero-order valence-electron chi connectivity index (χ0n) is 37.9. The van der Waals surface area contributed by atoms with E-state index in [9.17, 15) is 0 Å². The van der Waals surface area contributed by atoms with Crippen molar-refractivity contribution >= 4 is 97.7 Å². The van der Waals surface area contributed by atoms with Crippen LogP contribution in [0.3, 0.4) is 0 Å². The molecule has 0 atom stereocenters. The maximum absolute atomic E-state index is 7.16. The van der Waals surface area contributed by atoms with E-state index in [0.717, 1.165) is 71.5 Å². The summed E-state index contributed by atoms with van der Waals surface area (Å²) in [5, 5.41) is 16.6. The van der Waals surface area contributed by atoms with Gasteiger partial charge in [-0.05, 0) is 134 Å². The SMILES string of the molecule is c1ccc(-c2c3ccccc3c(-c3ccc(-c4ccc(-c5c6ccccc6c(-c6cccc7oc8ccccc8c67)c6ccccc56)cc4)c4oc5cc6ccccc6cc5c34)c3ccccc23)cc1. The van der Waals surface area contributed by atoms with Crippen LogP contribution in [0, 0.1) is 0 Å². The van der Waals surface area contributed by atoms with Gasteiger partial charge in [0.25, 0.3) is 0 Å². The van der Waals surface area contributed by atoms with Gasteiger partial charge in [-0.25, -0.2) is 0 Å². The number of hydrogen-bond donors (Lipinski definition) is 0. The highest BCUT2D eigenvalue weighted by atomic mass is 16.3. The van der Waals surface area contributed by atoms with Gasteiger partial charge in [0.2, 0.25) is 0 Å². The summed E-state index contributed by atoms with van der Waals surface area (Å²) >= 11 is 0. The molecule has 0 saturated heterocycles. The highest BCUT2D eigenvalue weighted by Gasteiger charge is 2.24. The Balaban J connectivity index is 0.953. The molecule has 0 N–H and O–H groups in total. The van der Waals surface area contributed by atoms with Gasteiger partial charge in [0.15, 0.2) is 0 Å². The first-order valence-electron chi connectivity index (χ1n) is 24.1. The zero-order chi connectivity index (χ0) is 45.9. The Hall–Kier alpha value is -9.24. The van der Waals surface area contributed by atoms with Crippen LogP contribution >= 0.6 is 0 Å². The van der Waals surface area contributed by atoms with Crippen molar-refractivity contribution in [3.8, 4) is 55.6 Å². The van der Waals surface area contributed by atoms with Crippen molar-refractivity contribution in [2.75, 3.05) is 0 Å². The zero-order valence-corrected chi connectivity index (χ0v) is 37.9. The van der Waals surface area contributed by atoms with Gasteiger partial charge in [-0.1, -0.05) is 212 Å². The van der Waals surface area contributed by atoms with Crippen LogP contribution in [0.25, 0.3) is 153 Å². The second-order valence-electron chi connectivity index (χ2n) is 18.6. The van der Waals surface area contributed by atoms with E-state index in [1.807, 2.05) is 6.07 Å². The van der Waals surface area contributed by atoms with E-state index in [-0.39, 0.29) is 0 Å². The van der Waals surface area contributed by atoms with Gasteiger partial charge in [0.1, 0.15) is 22.3 Å².